The smallest absolute Gasteiger partial charge is 0.169 e. The third kappa shape index (κ3) is 4.48. The second kappa shape index (κ2) is 8.87. The molecule has 1 aliphatic rings. The van der Waals surface area contributed by atoms with Crippen LogP contribution in [0, 0.1) is 17.6 Å². The average Bonchev–Trinajstić information content (AvgIpc) is 3.18. The van der Waals surface area contributed by atoms with Gasteiger partial charge in [-0.1, -0.05) is 26.0 Å². The molecule has 8 heteroatoms. The fraction of sp³-hybridized carbons (Fsp3) is 0.409. The minimum atomic E-state index is -0.255. The summed E-state index contributed by atoms with van der Waals surface area (Å²) in [7, 11) is 0. The van der Waals surface area contributed by atoms with Crippen molar-refractivity contribution in [1.29, 1.82) is 0 Å². The number of benzene rings is 2. The Hall–Kier alpha value is -2.87. The molecule has 0 bridgehead atoms. The lowest BCUT2D eigenvalue weighted by Crippen LogP contribution is -2.49. The summed E-state index contributed by atoms with van der Waals surface area (Å²) < 4.78 is 28.2. The van der Waals surface area contributed by atoms with Gasteiger partial charge in [0.05, 0.1) is 12.6 Å². The van der Waals surface area contributed by atoms with E-state index in [0.29, 0.717) is 12.5 Å². The van der Waals surface area contributed by atoms with Crippen LogP contribution in [0.2, 0.25) is 0 Å². The van der Waals surface area contributed by atoms with Crippen molar-refractivity contribution in [3.8, 4) is 0 Å². The molecular weight excluding hydrogens is 386 g/mol. The van der Waals surface area contributed by atoms with Gasteiger partial charge in [0.2, 0.25) is 0 Å². The Bertz CT molecular complexity index is 947. The van der Waals surface area contributed by atoms with Crippen molar-refractivity contribution >= 4 is 5.69 Å². The maximum absolute atomic E-state index is 13.2. The lowest BCUT2D eigenvalue weighted by molar-refractivity contribution is 0.135. The van der Waals surface area contributed by atoms with E-state index < -0.39 is 0 Å². The lowest BCUT2D eigenvalue weighted by Gasteiger charge is -2.41. The van der Waals surface area contributed by atoms with Gasteiger partial charge in [-0.3, -0.25) is 4.90 Å². The Morgan fingerprint density at radius 2 is 1.47 bits per heavy atom. The molecule has 2 heterocycles. The van der Waals surface area contributed by atoms with Crippen LogP contribution in [0.25, 0.3) is 0 Å². The summed E-state index contributed by atoms with van der Waals surface area (Å²) >= 11 is 0. The van der Waals surface area contributed by atoms with Gasteiger partial charge in [-0.05, 0) is 58.3 Å². The van der Waals surface area contributed by atoms with E-state index in [4.69, 9.17) is 0 Å². The first-order valence-corrected chi connectivity index (χ1v) is 10.3. The molecule has 1 saturated heterocycles. The summed E-state index contributed by atoms with van der Waals surface area (Å²) in [5, 5.41) is 12.5. The van der Waals surface area contributed by atoms with Crippen LogP contribution in [0.1, 0.15) is 31.3 Å². The Labute approximate surface area is 175 Å². The summed E-state index contributed by atoms with van der Waals surface area (Å²) in [4.78, 5) is 4.69. The second-order valence-electron chi connectivity index (χ2n) is 8.01. The van der Waals surface area contributed by atoms with Crippen LogP contribution < -0.4 is 4.90 Å². The minimum Gasteiger partial charge on any atom is -0.369 e. The average molecular weight is 412 g/mol. The van der Waals surface area contributed by atoms with Gasteiger partial charge in [-0.15, -0.1) is 5.10 Å². The molecule has 0 N–H and O–H groups in total. The van der Waals surface area contributed by atoms with Crippen LogP contribution in [-0.4, -0.2) is 51.3 Å². The summed E-state index contributed by atoms with van der Waals surface area (Å²) in [5.74, 6) is 0.671. The number of aromatic nitrogens is 4. The van der Waals surface area contributed by atoms with Crippen LogP contribution >= 0.6 is 0 Å². The number of hydrogen-bond donors (Lipinski definition) is 0. The normalized spacial score (nSPS) is 16.2. The molecule has 0 aliphatic carbocycles. The fourth-order valence-corrected chi connectivity index (χ4v) is 4.09. The molecule has 1 aromatic heterocycles. The van der Waals surface area contributed by atoms with Crippen LogP contribution in [0.3, 0.4) is 0 Å². The molecule has 0 amide bonds. The number of nitrogens with zero attached hydrogens (tertiary/aromatic N) is 6. The predicted octanol–water partition coefficient (Wildman–Crippen LogP) is 3.52. The standard InChI is InChI=1S/C22H26F2N6/c1-16(2)21(22-25-26-27-30(22)15-17-3-5-18(23)6-4-17)29-13-11-28(12-14-29)20-9-7-19(24)8-10-20/h3-10,16,21H,11-15H2,1-2H3. The number of hydrogen-bond acceptors (Lipinski definition) is 5. The summed E-state index contributed by atoms with van der Waals surface area (Å²) in [6.45, 7) is 8.29. The van der Waals surface area contributed by atoms with Gasteiger partial charge in [0.1, 0.15) is 11.6 Å². The Kier molecular flexibility index (Phi) is 6.03. The van der Waals surface area contributed by atoms with E-state index in [9.17, 15) is 8.78 Å². The first-order chi connectivity index (χ1) is 14.5. The fourth-order valence-electron chi connectivity index (χ4n) is 4.09. The Morgan fingerprint density at radius 1 is 0.867 bits per heavy atom. The highest BCUT2D eigenvalue weighted by Gasteiger charge is 2.31. The zero-order chi connectivity index (χ0) is 21.1. The second-order valence-corrected chi connectivity index (χ2v) is 8.01. The molecule has 1 fully saturated rings. The van der Waals surface area contributed by atoms with E-state index >= 15 is 0 Å². The maximum atomic E-state index is 13.2. The van der Waals surface area contributed by atoms with Crippen molar-refractivity contribution in [3.05, 3.63) is 71.6 Å². The van der Waals surface area contributed by atoms with E-state index in [1.54, 1.807) is 12.1 Å². The molecule has 4 rings (SSSR count). The molecule has 30 heavy (non-hydrogen) atoms. The molecule has 0 radical (unpaired) electrons. The quantitative estimate of drug-likeness (QED) is 0.620. The van der Waals surface area contributed by atoms with Gasteiger partial charge in [-0.25, -0.2) is 13.5 Å². The van der Waals surface area contributed by atoms with Crippen molar-refractivity contribution in [2.75, 3.05) is 31.1 Å². The molecule has 2 aromatic carbocycles. The highest BCUT2D eigenvalue weighted by molar-refractivity contribution is 5.46. The van der Waals surface area contributed by atoms with Crippen LogP contribution in [0.15, 0.2) is 48.5 Å². The predicted molar refractivity (Wildman–Crippen MR) is 111 cm³/mol. The topological polar surface area (TPSA) is 50.1 Å². The molecule has 1 aliphatic heterocycles. The molecular formula is C22H26F2N6. The summed E-state index contributed by atoms with van der Waals surface area (Å²) in [5.41, 5.74) is 1.99. The maximum Gasteiger partial charge on any atom is 0.169 e. The Morgan fingerprint density at radius 3 is 2.07 bits per heavy atom. The summed E-state index contributed by atoms with van der Waals surface area (Å²) in [6, 6.07) is 13.2. The van der Waals surface area contributed by atoms with Gasteiger partial charge in [0.25, 0.3) is 0 Å². The van der Waals surface area contributed by atoms with Crippen molar-refractivity contribution in [2.45, 2.75) is 26.4 Å². The largest absolute Gasteiger partial charge is 0.369 e. The van der Waals surface area contributed by atoms with E-state index in [0.717, 1.165) is 43.3 Å². The van der Waals surface area contributed by atoms with Gasteiger partial charge in [0, 0.05) is 31.9 Å². The molecule has 1 unspecified atom stereocenters. The SMILES string of the molecule is CC(C)C(c1nnnn1Cc1ccc(F)cc1)N1CCN(c2ccc(F)cc2)CC1. The minimum absolute atomic E-state index is 0.0795. The lowest BCUT2D eigenvalue weighted by atomic mass is 10.0. The number of tetrazole rings is 1. The van der Waals surface area contributed by atoms with Crippen molar-refractivity contribution in [2.24, 2.45) is 5.92 Å². The Balaban J connectivity index is 1.48. The van der Waals surface area contributed by atoms with Gasteiger partial charge in [0.15, 0.2) is 5.82 Å². The number of rotatable bonds is 6. The van der Waals surface area contributed by atoms with Crippen LogP contribution in [-0.2, 0) is 6.54 Å². The first kappa shape index (κ1) is 20.4. The molecule has 1 atom stereocenters. The van der Waals surface area contributed by atoms with Crippen LogP contribution in [0.4, 0.5) is 14.5 Å². The van der Waals surface area contributed by atoms with E-state index in [1.807, 2.05) is 16.8 Å². The van der Waals surface area contributed by atoms with Crippen molar-refractivity contribution in [3.63, 3.8) is 0 Å². The third-order valence-electron chi connectivity index (χ3n) is 5.60. The number of halogens is 2. The highest BCUT2D eigenvalue weighted by Crippen LogP contribution is 2.29. The van der Waals surface area contributed by atoms with Gasteiger partial charge < -0.3 is 4.90 Å². The summed E-state index contributed by atoms with van der Waals surface area (Å²) in [6.07, 6.45) is 0. The zero-order valence-corrected chi connectivity index (χ0v) is 17.2. The van der Waals surface area contributed by atoms with Gasteiger partial charge in [-0.2, -0.15) is 0 Å². The highest BCUT2D eigenvalue weighted by atomic mass is 19.1. The van der Waals surface area contributed by atoms with Crippen LogP contribution in [0.5, 0.6) is 0 Å². The van der Waals surface area contributed by atoms with Crippen molar-refractivity contribution < 1.29 is 8.78 Å². The molecule has 3 aromatic rings. The molecule has 0 saturated carbocycles. The molecule has 0 spiro atoms. The third-order valence-corrected chi connectivity index (χ3v) is 5.60. The number of piperazine rings is 1. The number of anilines is 1. The monoisotopic (exact) mass is 412 g/mol. The molecule has 6 nitrogen and oxygen atoms in total. The van der Waals surface area contributed by atoms with Crippen molar-refractivity contribution in [1.82, 2.24) is 25.1 Å². The van der Waals surface area contributed by atoms with E-state index in [-0.39, 0.29) is 17.7 Å². The zero-order valence-electron chi connectivity index (χ0n) is 17.2. The van der Waals surface area contributed by atoms with E-state index in [1.165, 1.54) is 24.3 Å². The van der Waals surface area contributed by atoms with Gasteiger partial charge >= 0.3 is 0 Å². The first-order valence-electron chi connectivity index (χ1n) is 10.3. The molecule has 158 valence electrons. The van der Waals surface area contributed by atoms with E-state index in [2.05, 4.69) is 39.2 Å².